The molecule has 5 amide bonds. The first-order valence-electron chi connectivity index (χ1n) is 18.2. The molecule has 1 aliphatic rings. The Morgan fingerprint density at radius 3 is 1.57 bits per heavy atom. The predicted molar refractivity (Wildman–Crippen MR) is 198 cm³/mol. The van der Waals surface area contributed by atoms with Crippen molar-refractivity contribution in [3.05, 3.63) is 23.8 Å². The van der Waals surface area contributed by atoms with Crippen molar-refractivity contribution in [2.75, 3.05) is 41.5 Å². The predicted octanol–water partition coefficient (Wildman–Crippen LogP) is 2.91. The number of amides is 5. The Labute approximate surface area is 305 Å². The van der Waals surface area contributed by atoms with Gasteiger partial charge in [0.05, 0.1) is 6.04 Å². The average molecular weight is 717 g/mol. The molecule has 13 heteroatoms. The highest BCUT2D eigenvalue weighted by Gasteiger charge is 2.42. The van der Waals surface area contributed by atoms with Crippen molar-refractivity contribution in [2.45, 2.75) is 106 Å². The molecule has 3 N–H and O–H groups in total. The standard InChI is InChI=1S/C38H64N6O7/c1-21(2)29(39-11)34(45)41-30(22(3)4)36(47)43(13)32(24(7)8)38(49)44(14)33(25(9)10)37(48)42(12)31(23(5)6)35(46)40-18-17-26-15-16-27-28(19-26)51-20-50-27/h15-16,19,21-25,29-33,39H,17-18,20H2,1-14H3,(H,40,46)(H,41,45)/t29-,30-,31-,32-,33-/m0/s1. The van der Waals surface area contributed by atoms with Gasteiger partial charge in [-0.25, -0.2) is 0 Å². The van der Waals surface area contributed by atoms with Crippen LogP contribution < -0.4 is 25.4 Å². The summed E-state index contributed by atoms with van der Waals surface area (Å²) in [6, 6.07) is 1.72. The summed E-state index contributed by atoms with van der Waals surface area (Å²) in [6.07, 6.45) is 0.564. The number of rotatable bonds is 18. The van der Waals surface area contributed by atoms with Crippen LogP contribution in [0, 0.1) is 29.6 Å². The molecule has 1 heterocycles. The summed E-state index contributed by atoms with van der Waals surface area (Å²) in [4.78, 5) is 73.4. The molecule has 2 rings (SSSR count). The fraction of sp³-hybridized carbons (Fsp3) is 0.711. The second-order valence-electron chi connectivity index (χ2n) is 15.4. The molecule has 0 saturated carbocycles. The molecule has 288 valence electrons. The van der Waals surface area contributed by atoms with Crippen LogP contribution in [-0.2, 0) is 30.4 Å². The van der Waals surface area contributed by atoms with E-state index in [2.05, 4.69) is 16.0 Å². The van der Waals surface area contributed by atoms with E-state index in [-0.39, 0.29) is 60.0 Å². The van der Waals surface area contributed by atoms with Gasteiger partial charge in [0.15, 0.2) is 11.5 Å². The smallest absolute Gasteiger partial charge is 0.246 e. The van der Waals surface area contributed by atoms with Gasteiger partial charge in [-0.05, 0) is 60.8 Å². The van der Waals surface area contributed by atoms with E-state index in [4.69, 9.17) is 9.47 Å². The van der Waals surface area contributed by atoms with Crippen molar-refractivity contribution in [2.24, 2.45) is 29.6 Å². The molecule has 1 aromatic carbocycles. The van der Waals surface area contributed by atoms with Gasteiger partial charge in [-0.1, -0.05) is 75.3 Å². The highest BCUT2D eigenvalue weighted by atomic mass is 16.7. The summed E-state index contributed by atoms with van der Waals surface area (Å²) >= 11 is 0. The monoisotopic (exact) mass is 716 g/mol. The summed E-state index contributed by atoms with van der Waals surface area (Å²) in [5.74, 6) is -1.45. The molecule has 0 radical (unpaired) electrons. The summed E-state index contributed by atoms with van der Waals surface area (Å²) < 4.78 is 10.8. The first kappa shape index (κ1) is 43.3. The molecule has 0 spiro atoms. The van der Waals surface area contributed by atoms with Crippen LogP contribution in [0.3, 0.4) is 0 Å². The number of nitrogens with zero attached hydrogens (tertiary/aromatic N) is 3. The molecule has 0 unspecified atom stereocenters. The molecule has 0 aliphatic carbocycles. The Morgan fingerprint density at radius 2 is 1.10 bits per heavy atom. The van der Waals surface area contributed by atoms with Gasteiger partial charge < -0.3 is 40.1 Å². The van der Waals surface area contributed by atoms with Crippen molar-refractivity contribution < 1.29 is 33.4 Å². The van der Waals surface area contributed by atoms with Crippen LogP contribution >= 0.6 is 0 Å². The molecule has 1 aliphatic heterocycles. The Morgan fingerprint density at radius 1 is 0.627 bits per heavy atom. The fourth-order valence-electron chi connectivity index (χ4n) is 6.82. The van der Waals surface area contributed by atoms with E-state index in [0.29, 0.717) is 24.5 Å². The van der Waals surface area contributed by atoms with Gasteiger partial charge in [0.1, 0.15) is 24.2 Å². The van der Waals surface area contributed by atoms with Crippen LogP contribution in [0.5, 0.6) is 11.5 Å². The van der Waals surface area contributed by atoms with E-state index in [1.165, 1.54) is 14.7 Å². The van der Waals surface area contributed by atoms with Crippen molar-refractivity contribution in [3.63, 3.8) is 0 Å². The molecule has 1 aromatic rings. The van der Waals surface area contributed by atoms with Gasteiger partial charge in [0, 0.05) is 27.7 Å². The number of ether oxygens (including phenoxy) is 2. The topological polar surface area (TPSA) is 150 Å². The number of likely N-dealkylation sites (N-methyl/N-ethyl adjacent to an activating group) is 4. The first-order valence-corrected chi connectivity index (χ1v) is 18.2. The average Bonchev–Trinajstić information content (AvgIpc) is 3.50. The SMILES string of the molecule is CN[C@H](C(=O)N[C@H](C(=O)N(C)[C@H](C(=O)N(C)[C@H](C(=O)N(C)[C@H](C(=O)NCCc1ccc2c(c1)OCO2)C(C)C)C(C)C)C(C)C)C(C)C)C(C)C. The minimum atomic E-state index is -0.912. The fourth-order valence-corrected chi connectivity index (χ4v) is 6.82. The molecule has 5 atom stereocenters. The largest absolute Gasteiger partial charge is 0.454 e. The van der Waals surface area contributed by atoms with E-state index < -0.39 is 36.1 Å². The lowest BCUT2D eigenvalue weighted by molar-refractivity contribution is -0.155. The molecule has 13 nitrogen and oxygen atoms in total. The third-order valence-electron chi connectivity index (χ3n) is 9.60. The molecule has 0 aromatic heterocycles. The molecular formula is C38H64N6O7. The van der Waals surface area contributed by atoms with Gasteiger partial charge in [0.25, 0.3) is 0 Å². The number of nitrogens with one attached hydrogen (secondary N) is 3. The lowest BCUT2D eigenvalue weighted by Crippen LogP contribution is -2.62. The van der Waals surface area contributed by atoms with Crippen LogP contribution in [0.4, 0.5) is 0 Å². The van der Waals surface area contributed by atoms with Crippen LogP contribution in [0.1, 0.15) is 74.8 Å². The van der Waals surface area contributed by atoms with E-state index in [1.54, 1.807) is 28.2 Å². The minimum absolute atomic E-state index is 0.000498. The molecule has 0 bridgehead atoms. The van der Waals surface area contributed by atoms with Gasteiger partial charge in [-0.15, -0.1) is 0 Å². The van der Waals surface area contributed by atoms with E-state index in [9.17, 15) is 24.0 Å². The molecular weight excluding hydrogens is 652 g/mol. The summed E-state index contributed by atoms with van der Waals surface area (Å²) in [7, 11) is 6.44. The van der Waals surface area contributed by atoms with E-state index in [1.807, 2.05) is 87.4 Å². The van der Waals surface area contributed by atoms with Crippen LogP contribution in [0.15, 0.2) is 18.2 Å². The van der Waals surface area contributed by atoms with Crippen molar-refractivity contribution in [3.8, 4) is 11.5 Å². The summed E-state index contributed by atoms with van der Waals surface area (Å²) in [5, 5.41) is 8.90. The highest BCUT2D eigenvalue weighted by Crippen LogP contribution is 2.32. The summed E-state index contributed by atoms with van der Waals surface area (Å²) in [6.45, 7) is 19.2. The number of fused-ring (bicyclic) bond motifs is 1. The maximum absolute atomic E-state index is 14.3. The lowest BCUT2D eigenvalue weighted by atomic mass is 9.94. The number of hydrogen-bond acceptors (Lipinski definition) is 8. The van der Waals surface area contributed by atoms with Gasteiger partial charge >= 0.3 is 0 Å². The minimum Gasteiger partial charge on any atom is -0.454 e. The Hall–Kier alpha value is -3.87. The Bertz CT molecular complexity index is 1360. The third kappa shape index (κ3) is 10.8. The second kappa shape index (κ2) is 19.1. The third-order valence-corrected chi connectivity index (χ3v) is 9.60. The Kier molecular flexibility index (Phi) is 16.2. The molecule has 0 fully saturated rings. The normalized spacial score (nSPS) is 15.4. The van der Waals surface area contributed by atoms with E-state index >= 15 is 0 Å². The zero-order valence-electron chi connectivity index (χ0n) is 33.3. The van der Waals surface area contributed by atoms with E-state index in [0.717, 1.165) is 5.56 Å². The molecule has 0 saturated heterocycles. The maximum Gasteiger partial charge on any atom is 0.246 e. The van der Waals surface area contributed by atoms with Crippen LogP contribution in [0.2, 0.25) is 0 Å². The van der Waals surface area contributed by atoms with Gasteiger partial charge in [-0.3, -0.25) is 24.0 Å². The quantitative estimate of drug-likeness (QED) is 0.210. The highest BCUT2D eigenvalue weighted by molar-refractivity contribution is 5.96. The Balaban J connectivity index is 2.25. The lowest BCUT2D eigenvalue weighted by Gasteiger charge is -2.41. The second-order valence-corrected chi connectivity index (χ2v) is 15.4. The van der Waals surface area contributed by atoms with Crippen molar-refractivity contribution in [1.82, 2.24) is 30.7 Å². The number of benzene rings is 1. The van der Waals surface area contributed by atoms with Gasteiger partial charge in [0.2, 0.25) is 36.3 Å². The van der Waals surface area contributed by atoms with Gasteiger partial charge in [-0.2, -0.15) is 0 Å². The zero-order chi connectivity index (χ0) is 38.9. The van der Waals surface area contributed by atoms with Crippen LogP contribution in [0.25, 0.3) is 0 Å². The first-order chi connectivity index (χ1) is 23.8. The maximum atomic E-state index is 14.3. The zero-order valence-corrected chi connectivity index (χ0v) is 33.3. The van der Waals surface area contributed by atoms with Crippen molar-refractivity contribution >= 4 is 29.5 Å². The number of carbonyl (C=O) groups excluding carboxylic acids is 5. The summed E-state index contributed by atoms with van der Waals surface area (Å²) in [5.41, 5.74) is 0.980. The molecule has 51 heavy (non-hydrogen) atoms. The van der Waals surface area contributed by atoms with Crippen molar-refractivity contribution in [1.29, 1.82) is 0 Å². The van der Waals surface area contributed by atoms with Crippen LogP contribution in [-0.4, -0.2) is 116 Å². The number of carbonyl (C=O) groups is 5. The number of hydrogen-bond donors (Lipinski definition) is 3.